The van der Waals surface area contributed by atoms with Gasteiger partial charge >= 0.3 is 6.09 Å². The lowest BCUT2D eigenvalue weighted by atomic mass is 9.82. The average Bonchev–Trinajstić information content (AvgIpc) is 2.96. The first-order valence-electron chi connectivity index (χ1n) is 13.0. The summed E-state index contributed by atoms with van der Waals surface area (Å²) in [6.45, 7) is 5.91. The standard InChI is InChI=1S/C27H33N5O6/c1-3-38-27(34)29-12-10-28(11-13-29)26(33)23-17-19-16-21(32(35)36)6-9-24(19)31-15-14-30(18-25(23)31)20-4-7-22(37-2)8-5-20/h4-9,16,23,25H,3,10-15,17-18H2,1-2H3. The van der Waals surface area contributed by atoms with E-state index in [-0.39, 0.29) is 34.6 Å². The summed E-state index contributed by atoms with van der Waals surface area (Å²) in [6, 6.07) is 12.8. The van der Waals surface area contributed by atoms with E-state index in [9.17, 15) is 19.7 Å². The molecule has 3 aliphatic heterocycles. The predicted molar refractivity (Wildman–Crippen MR) is 142 cm³/mol. The Morgan fingerprint density at radius 2 is 1.71 bits per heavy atom. The van der Waals surface area contributed by atoms with Crippen molar-refractivity contribution in [3.63, 3.8) is 0 Å². The van der Waals surface area contributed by atoms with Crippen molar-refractivity contribution in [2.75, 3.05) is 69.3 Å². The number of fused-ring (bicyclic) bond motifs is 3. The summed E-state index contributed by atoms with van der Waals surface area (Å²) in [5.41, 5.74) is 2.89. The lowest BCUT2D eigenvalue weighted by Gasteiger charge is -2.50. The highest BCUT2D eigenvalue weighted by atomic mass is 16.6. The Hall–Kier alpha value is -4.02. The monoisotopic (exact) mass is 523 g/mol. The second-order valence-corrected chi connectivity index (χ2v) is 9.80. The number of methoxy groups -OCH3 is 1. The molecule has 3 aliphatic rings. The van der Waals surface area contributed by atoms with Crippen LogP contribution in [0.15, 0.2) is 42.5 Å². The third-order valence-electron chi connectivity index (χ3n) is 7.78. The molecule has 11 heteroatoms. The second-order valence-electron chi connectivity index (χ2n) is 9.80. The Morgan fingerprint density at radius 3 is 2.37 bits per heavy atom. The maximum Gasteiger partial charge on any atom is 0.409 e. The van der Waals surface area contributed by atoms with Crippen LogP contribution in [0.2, 0.25) is 0 Å². The van der Waals surface area contributed by atoms with Crippen molar-refractivity contribution in [2.24, 2.45) is 5.92 Å². The molecule has 0 bridgehead atoms. The van der Waals surface area contributed by atoms with Gasteiger partial charge in [-0.1, -0.05) is 0 Å². The largest absolute Gasteiger partial charge is 0.497 e. The minimum Gasteiger partial charge on any atom is -0.497 e. The van der Waals surface area contributed by atoms with Crippen LogP contribution >= 0.6 is 0 Å². The van der Waals surface area contributed by atoms with Crippen molar-refractivity contribution in [3.05, 3.63) is 58.1 Å². The van der Waals surface area contributed by atoms with Gasteiger partial charge in [-0.3, -0.25) is 14.9 Å². The molecule has 202 valence electrons. The number of ether oxygens (including phenoxy) is 2. The van der Waals surface area contributed by atoms with E-state index in [0.29, 0.717) is 52.3 Å². The molecule has 2 fully saturated rings. The van der Waals surface area contributed by atoms with Crippen LogP contribution < -0.4 is 14.5 Å². The van der Waals surface area contributed by atoms with Crippen molar-refractivity contribution in [2.45, 2.75) is 19.4 Å². The first kappa shape index (κ1) is 25.6. The molecule has 3 heterocycles. The average molecular weight is 524 g/mol. The van der Waals surface area contributed by atoms with Crippen LogP contribution in [0.1, 0.15) is 12.5 Å². The van der Waals surface area contributed by atoms with E-state index in [4.69, 9.17) is 9.47 Å². The van der Waals surface area contributed by atoms with Crippen molar-refractivity contribution >= 4 is 29.1 Å². The predicted octanol–water partition coefficient (Wildman–Crippen LogP) is 2.77. The van der Waals surface area contributed by atoms with E-state index >= 15 is 0 Å². The van der Waals surface area contributed by atoms with Gasteiger partial charge in [0.15, 0.2) is 0 Å². The van der Waals surface area contributed by atoms with Crippen molar-refractivity contribution < 1.29 is 24.0 Å². The number of nitro benzene ring substituents is 1. The number of non-ortho nitro benzene ring substituents is 1. The number of piperazine rings is 2. The number of amides is 2. The fourth-order valence-electron chi connectivity index (χ4n) is 5.79. The zero-order valence-corrected chi connectivity index (χ0v) is 21.7. The molecule has 5 rings (SSSR count). The fourth-order valence-corrected chi connectivity index (χ4v) is 5.79. The van der Waals surface area contributed by atoms with Gasteiger partial charge in [0.1, 0.15) is 5.75 Å². The van der Waals surface area contributed by atoms with E-state index < -0.39 is 0 Å². The first-order valence-corrected chi connectivity index (χ1v) is 13.0. The zero-order valence-electron chi connectivity index (χ0n) is 21.7. The number of anilines is 2. The minimum absolute atomic E-state index is 0.0252. The molecule has 0 N–H and O–H groups in total. The highest BCUT2D eigenvalue weighted by Gasteiger charge is 2.44. The van der Waals surface area contributed by atoms with Crippen LogP contribution in [0.25, 0.3) is 0 Å². The molecule has 0 spiro atoms. The summed E-state index contributed by atoms with van der Waals surface area (Å²) >= 11 is 0. The van der Waals surface area contributed by atoms with Gasteiger partial charge in [0.05, 0.1) is 30.6 Å². The number of rotatable bonds is 5. The summed E-state index contributed by atoms with van der Waals surface area (Å²) in [6.07, 6.45) is 0.0815. The summed E-state index contributed by atoms with van der Waals surface area (Å²) in [4.78, 5) is 45.2. The van der Waals surface area contributed by atoms with E-state index in [2.05, 4.69) is 9.80 Å². The van der Waals surface area contributed by atoms with Crippen LogP contribution in [0.3, 0.4) is 0 Å². The second kappa shape index (κ2) is 10.8. The molecule has 2 atom stereocenters. The van der Waals surface area contributed by atoms with Crippen LogP contribution in [0, 0.1) is 16.0 Å². The quantitative estimate of drug-likeness (QED) is 0.435. The highest BCUT2D eigenvalue weighted by Crippen LogP contribution is 2.39. The molecule has 0 radical (unpaired) electrons. The van der Waals surface area contributed by atoms with Crippen molar-refractivity contribution in [1.29, 1.82) is 0 Å². The van der Waals surface area contributed by atoms with Crippen LogP contribution in [-0.4, -0.2) is 92.3 Å². The molecule has 2 amide bonds. The highest BCUT2D eigenvalue weighted by molar-refractivity contribution is 5.83. The third-order valence-corrected chi connectivity index (χ3v) is 7.78. The van der Waals surface area contributed by atoms with Gasteiger partial charge < -0.3 is 29.1 Å². The van der Waals surface area contributed by atoms with Gasteiger partial charge in [-0.25, -0.2) is 4.79 Å². The van der Waals surface area contributed by atoms with E-state index in [1.54, 1.807) is 31.1 Å². The molecular formula is C27H33N5O6. The number of carbonyl (C=O) groups is 2. The summed E-state index contributed by atoms with van der Waals surface area (Å²) in [5, 5.41) is 11.5. The van der Waals surface area contributed by atoms with Gasteiger partial charge in [-0.2, -0.15) is 0 Å². The Morgan fingerprint density at radius 1 is 1.00 bits per heavy atom. The van der Waals surface area contributed by atoms with Crippen LogP contribution in [0.4, 0.5) is 21.9 Å². The van der Waals surface area contributed by atoms with Gasteiger partial charge in [-0.05, 0) is 49.2 Å². The number of hydrogen-bond acceptors (Lipinski definition) is 8. The van der Waals surface area contributed by atoms with Crippen LogP contribution in [-0.2, 0) is 16.0 Å². The fraction of sp³-hybridized carbons (Fsp3) is 0.481. The maximum atomic E-state index is 14.0. The summed E-state index contributed by atoms with van der Waals surface area (Å²) in [5.74, 6) is 0.451. The smallest absolute Gasteiger partial charge is 0.409 e. The van der Waals surface area contributed by atoms with Crippen LogP contribution in [0.5, 0.6) is 5.75 Å². The molecule has 0 aromatic heterocycles. The molecule has 2 saturated heterocycles. The first-order chi connectivity index (χ1) is 18.4. The molecule has 0 saturated carbocycles. The molecule has 11 nitrogen and oxygen atoms in total. The van der Waals surface area contributed by atoms with Gasteiger partial charge in [-0.15, -0.1) is 0 Å². The summed E-state index contributed by atoms with van der Waals surface area (Å²) < 4.78 is 10.4. The number of hydrogen-bond donors (Lipinski definition) is 0. The number of benzene rings is 2. The summed E-state index contributed by atoms with van der Waals surface area (Å²) in [7, 11) is 1.64. The maximum absolute atomic E-state index is 14.0. The van der Waals surface area contributed by atoms with Crippen molar-refractivity contribution in [3.8, 4) is 5.75 Å². The SMILES string of the molecule is CCOC(=O)N1CCN(C(=O)C2Cc3cc([N+](=O)[O-])ccc3N3CCN(c4ccc(OC)cc4)CC23)CC1. The molecule has 2 unspecified atom stereocenters. The number of carbonyl (C=O) groups excluding carboxylic acids is 2. The minimum atomic E-state index is -0.389. The van der Waals surface area contributed by atoms with Gasteiger partial charge in [0, 0.05) is 69.3 Å². The molecular weight excluding hydrogens is 490 g/mol. The molecule has 2 aromatic rings. The molecule has 0 aliphatic carbocycles. The molecule has 2 aromatic carbocycles. The van der Waals surface area contributed by atoms with E-state index in [0.717, 1.165) is 29.2 Å². The Bertz CT molecular complexity index is 1200. The molecule has 38 heavy (non-hydrogen) atoms. The lowest BCUT2D eigenvalue weighted by molar-refractivity contribution is -0.384. The van der Waals surface area contributed by atoms with Crippen molar-refractivity contribution in [1.82, 2.24) is 9.80 Å². The zero-order chi connectivity index (χ0) is 26.8. The third kappa shape index (κ3) is 4.92. The van der Waals surface area contributed by atoms with Gasteiger partial charge in [0.2, 0.25) is 5.91 Å². The topological polar surface area (TPSA) is 109 Å². The Kier molecular flexibility index (Phi) is 7.26. The van der Waals surface area contributed by atoms with E-state index in [1.807, 2.05) is 35.2 Å². The number of nitrogens with zero attached hydrogens (tertiary/aromatic N) is 5. The Balaban J connectivity index is 1.40. The van der Waals surface area contributed by atoms with Gasteiger partial charge in [0.25, 0.3) is 5.69 Å². The lowest BCUT2D eigenvalue weighted by Crippen LogP contribution is -2.62. The normalized spacial score (nSPS) is 20.9. The van der Waals surface area contributed by atoms with E-state index in [1.165, 1.54) is 0 Å². The Labute approximate surface area is 221 Å². The number of nitro groups is 1.